The number of nitrogens with zero attached hydrogens (tertiary/aromatic N) is 1. The highest BCUT2D eigenvalue weighted by atomic mass is 35.5. The molecule has 0 bridgehead atoms. The van der Waals surface area contributed by atoms with Gasteiger partial charge in [-0.2, -0.15) is 13.2 Å². The first kappa shape index (κ1) is 12.4. The molecule has 0 heterocycles. The van der Waals surface area contributed by atoms with Gasteiger partial charge >= 0.3 is 6.18 Å². The summed E-state index contributed by atoms with van der Waals surface area (Å²) in [5, 5.41) is -0.529. The molecule has 0 fully saturated rings. The first-order chi connectivity index (χ1) is 7.36. The molecule has 7 heteroatoms. The molecule has 0 unspecified atom stereocenters. The average molecular weight is 250 g/mol. The minimum absolute atomic E-state index is 0.375. The van der Waals surface area contributed by atoms with Gasteiger partial charge in [0.25, 0.3) is 5.91 Å². The lowest BCUT2D eigenvalue weighted by atomic mass is 10.1. The molecule has 0 aliphatic heterocycles. The van der Waals surface area contributed by atoms with Crippen molar-refractivity contribution in [1.82, 2.24) is 0 Å². The zero-order valence-electron chi connectivity index (χ0n) is 7.51. The monoisotopic (exact) mass is 249 g/mol. The van der Waals surface area contributed by atoms with Crippen molar-refractivity contribution >= 4 is 23.6 Å². The Hall–Kier alpha value is -1.65. The first-order valence-electron chi connectivity index (χ1n) is 3.85. The van der Waals surface area contributed by atoms with Gasteiger partial charge in [0, 0.05) is 5.56 Å². The molecule has 0 aliphatic rings. The summed E-state index contributed by atoms with van der Waals surface area (Å²) in [6.45, 7) is 0. The van der Waals surface area contributed by atoms with E-state index in [0.29, 0.717) is 6.07 Å². The average Bonchev–Trinajstić information content (AvgIpc) is 2.16. The SMILES string of the molecule is O=C=NC(=O)c1ccc(Cl)c(C(F)(F)F)c1. The number of isocyanates is 1. The van der Waals surface area contributed by atoms with Crippen molar-refractivity contribution in [2.75, 3.05) is 0 Å². The molecular weight excluding hydrogens is 247 g/mol. The number of benzene rings is 1. The Bertz CT molecular complexity index is 478. The summed E-state index contributed by atoms with van der Waals surface area (Å²) in [5.41, 5.74) is -1.53. The van der Waals surface area contributed by atoms with Crippen LogP contribution in [0.25, 0.3) is 0 Å². The molecule has 0 atom stereocenters. The van der Waals surface area contributed by atoms with Crippen molar-refractivity contribution in [3.63, 3.8) is 0 Å². The Labute approximate surface area is 92.5 Å². The second-order valence-corrected chi connectivity index (χ2v) is 3.11. The lowest BCUT2D eigenvalue weighted by Gasteiger charge is -2.09. The predicted octanol–water partition coefficient (Wildman–Crippen LogP) is 2.83. The molecule has 0 N–H and O–H groups in total. The fourth-order valence-electron chi connectivity index (χ4n) is 0.982. The van der Waals surface area contributed by atoms with E-state index < -0.39 is 22.7 Å². The van der Waals surface area contributed by atoms with E-state index in [4.69, 9.17) is 11.6 Å². The summed E-state index contributed by atoms with van der Waals surface area (Å²) in [6.07, 6.45) is -3.72. The largest absolute Gasteiger partial charge is 0.417 e. The quantitative estimate of drug-likeness (QED) is 0.567. The Morgan fingerprint density at radius 2 is 2.00 bits per heavy atom. The van der Waals surface area contributed by atoms with Crippen LogP contribution in [0.4, 0.5) is 13.2 Å². The number of hydrogen-bond acceptors (Lipinski definition) is 2. The summed E-state index contributed by atoms with van der Waals surface area (Å²) in [6, 6.07) is 2.49. The molecule has 0 saturated carbocycles. The fourth-order valence-corrected chi connectivity index (χ4v) is 1.21. The van der Waals surface area contributed by atoms with E-state index >= 15 is 0 Å². The summed E-state index contributed by atoms with van der Waals surface area (Å²) in [4.78, 5) is 23.5. The number of alkyl halides is 3. The summed E-state index contributed by atoms with van der Waals surface area (Å²) in [7, 11) is 0. The van der Waals surface area contributed by atoms with E-state index in [1.165, 1.54) is 0 Å². The smallest absolute Gasteiger partial charge is 0.266 e. The fraction of sp³-hybridized carbons (Fsp3) is 0.111. The van der Waals surface area contributed by atoms with Gasteiger partial charge < -0.3 is 0 Å². The van der Waals surface area contributed by atoms with Crippen LogP contribution in [-0.2, 0) is 11.0 Å². The second-order valence-electron chi connectivity index (χ2n) is 2.70. The standard InChI is InChI=1S/C9H3ClF3NO2/c10-7-2-1-5(8(16)14-4-15)3-6(7)9(11,12)13/h1-3H. The van der Waals surface area contributed by atoms with E-state index in [2.05, 4.69) is 4.99 Å². The number of hydrogen-bond donors (Lipinski definition) is 0. The van der Waals surface area contributed by atoms with Gasteiger partial charge in [0.2, 0.25) is 6.08 Å². The first-order valence-corrected chi connectivity index (χ1v) is 4.23. The van der Waals surface area contributed by atoms with Crippen LogP contribution in [0, 0.1) is 0 Å². The van der Waals surface area contributed by atoms with Crippen molar-refractivity contribution in [2.24, 2.45) is 4.99 Å². The predicted molar refractivity (Wildman–Crippen MR) is 48.9 cm³/mol. The van der Waals surface area contributed by atoms with E-state index in [0.717, 1.165) is 18.2 Å². The highest BCUT2D eigenvalue weighted by Crippen LogP contribution is 2.35. The van der Waals surface area contributed by atoms with Crippen LogP contribution < -0.4 is 0 Å². The minimum atomic E-state index is -4.67. The van der Waals surface area contributed by atoms with Gasteiger partial charge in [0.05, 0.1) is 10.6 Å². The molecule has 1 amide bonds. The zero-order chi connectivity index (χ0) is 12.3. The second kappa shape index (κ2) is 4.47. The lowest BCUT2D eigenvalue weighted by molar-refractivity contribution is -0.137. The van der Waals surface area contributed by atoms with Gasteiger partial charge in [-0.3, -0.25) is 4.79 Å². The molecular formula is C9H3ClF3NO2. The van der Waals surface area contributed by atoms with Crippen LogP contribution in [-0.4, -0.2) is 12.0 Å². The molecule has 1 aromatic rings. The highest BCUT2D eigenvalue weighted by Gasteiger charge is 2.33. The molecule has 0 aromatic heterocycles. The summed E-state index contributed by atoms with van der Waals surface area (Å²) >= 11 is 5.32. The maximum Gasteiger partial charge on any atom is 0.417 e. The normalized spacial score (nSPS) is 10.8. The number of halogens is 4. The Morgan fingerprint density at radius 3 is 2.50 bits per heavy atom. The molecule has 1 aromatic carbocycles. The maximum absolute atomic E-state index is 12.4. The van der Waals surface area contributed by atoms with Crippen LogP contribution >= 0.6 is 11.6 Å². The third kappa shape index (κ3) is 2.68. The molecule has 0 saturated heterocycles. The van der Waals surface area contributed by atoms with E-state index in [1.54, 1.807) is 0 Å². The van der Waals surface area contributed by atoms with Gasteiger partial charge in [-0.1, -0.05) is 11.6 Å². The maximum atomic E-state index is 12.4. The van der Waals surface area contributed by atoms with E-state index in [9.17, 15) is 22.8 Å². The number of rotatable bonds is 1. The van der Waals surface area contributed by atoms with Gasteiger partial charge in [0.1, 0.15) is 0 Å². The topological polar surface area (TPSA) is 46.5 Å². The third-order valence-electron chi connectivity index (χ3n) is 1.67. The van der Waals surface area contributed by atoms with Crippen LogP contribution in [0.5, 0.6) is 0 Å². The third-order valence-corrected chi connectivity index (χ3v) is 2.00. The van der Waals surface area contributed by atoms with Crippen LogP contribution in [0.2, 0.25) is 5.02 Å². The van der Waals surface area contributed by atoms with Gasteiger partial charge in [0.15, 0.2) is 0 Å². The molecule has 84 valence electrons. The lowest BCUT2D eigenvalue weighted by Crippen LogP contribution is -2.07. The minimum Gasteiger partial charge on any atom is -0.266 e. The van der Waals surface area contributed by atoms with Gasteiger partial charge in [-0.15, -0.1) is 4.99 Å². The summed E-state index contributed by atoms with van der Waals surface area (Å²) in [5.74, 6) is -1.10. The molecule has 0 spiro atoms. The molecule has 0 aliphatic carbocycles. The van der Waals surface area contributed by atoms with Gasteiger partial charge in [-0.25, -0.2) is 4.79 Å². The van der Waals surface area contributed by atoms with Crippen LogP contribution in [0.3, 0.4) is 0 Å². The van der Waals surface area contributed by atoms with Crippen molar-refractivity contribution < 1.29 is 22.8 Å². The number of aliphatic imine (C=N–C) groups is 1. The Morgan fingerprint density at radius 1 is 1.38 bits per heavy atom. The molecule has 1 rings (SSSR count). The highest BCUT2D eigenvalue weighted by molar-refractivity contribution is 6.31. The van der Waals surface area contributed by atoms with Crippen LogP contribution in [0.1, 0.15) is 15.9 Å². The van der Waals surface area contributed by atoms with Crippen molar-refractivity contribution in [1.29, 1.82) is 0 Å². The summed E-state index contributed by atoms with van der Waals surface area (Å²) < 4.78 is 37.1. The molecule has 3 nitrogen and oxygen atoms in total. The molecule has 16 heavy (non-hydrogen) atoms. The van der Waals surface area contributed by atoms with Crippen molar-refractivity contribution in [3.8, 4) is 0 Å². The van der Waals surface area contributed by atoms with Gasteiger partial charge in [-0.05, 0) is 18.2 Å². The molecule has 0 radical (unpaired) electrons. The van der Waals surface area contributed by atoms with Crippen molar-refractivity contribution in [3.05, 3.63) is 34.3 Å². The van der Waals surface area contributed by atoms with E-state index in [1.807, 2.05) is 0 Å². The zero-order valence-corrected chi connectivity index (χ0v) is 8.26. The number of amides is 1. The van der Waals surface area contributed by atoms with Crippen molar-refractivity contribution in [2.45, 2.75) is 6.18 Å². The Kier molecular flexibility index (Phi) is 3.47. The van der Waals surface area contributed by atoms with Crippen LogP contribution in [0.15, 0.2) is 23.2 Å². The number of carbonyl (C=O) groups excluding carboxylic acids is 2. The number of carbonyl (C=O) groups is 1. The Balaban J connectivity index is 3.28. The van der Waals surface area contributed by atoms with E-state index in [-0.39, 0.29) is 5.56 Å².